The second-order valence-corrected chi connectivity index (χ2v) is 6.63. The second kappa shape index (κ2) is 6.68. The summed E-state index contributed by atoms with van der Waals surface area (Å²) >= 11 is 3.38. The third kappa shape index (κ3) is 3.58. The summed E-state index contributed by atoms with van der Waals surface area (Å²) in [5, 5.41) is 11.0. The van der Waals surface area contributed by atoms with Crippen LogP contribution in [0, 0.1) is 16.0 Å². The summed E-state index contributed by atoms with van der Waals surface area (Å²) in [6.07, 6.45) is 5.02. The highest BCUT2D eigenvalue weighted by atomic mass is 79.9. The molecule has 0 bridgehead atoms. The first kappa shape index (κ1) is 15.4. The van der Waals surface area contributed by atoms with Crippen molar-refractivity contribution in [1.29, 1.82) is 0 Å². The number of halogens is 1. The van der Waals surface area contributed by atoms with Gasteiger partial charge in [0.1, 0.15) is 0 Å². The SMILES string of the molecule is CC1CCC(N(C)Cc2cccc([N+](=O)[O-])c2Br)CC1. The van der Waals surface area contributed by atoms with E-state index in [1.165, 1.54) is 31.7 Å². The molecule has 1 saturated carbocycles. The molecule has 1 aliphatic rings. The van der Waals surface area contributed by atoms with Crippen LogP contribution >= 0.6 is 15.9 Å². The van der Waals surface area contributed by atoms with Crippen molar-refractivity contribution in [2.75, 3.05) is 7.05 Å². The molecule has 0 heterocycles. The monoisotopic (exact) mass is 340 g/mol. The lowest BCUT2D eigenvalue weighted by Crippen LogP contribution is -2.34. The van der Waals surface area contributed by atoms with Gasteiger partial charge in [0.25, 0.3) is 5.69 Å². The Bertz CT molecular complexity index is 485. The van der Waals surface area contributed by atoms with Crippen LogP contribution in [0.15, 0.2) is 22.7 Å². The molecule has 20 heavy (non-hydrogen) atoms. The van der Waals surface area contributed by atoms with E-state index in [0.29, 0.717) is 10.5 Å². The molecule has 0 aromatic heterocycles. The standard InChI is InChI=1S/C15H21BrN2O2/c1-11-6-8-13(9-7-11)17(2)10-12-4-3-5-14(15(12)16)18(19)20/h3-5,11,13H,6-10H2,1-2H3. The highest BCUT2D eigenvalue weighted by Gasteiger charge is 2.23. The van der Waals surface area contributed by atoms with Crippen LogP contribution in [0.25, 0.3) is 0 Å². The Balaban J connectivity index is 2.06. The maximum atomic E-state index is 11.0. The molecule has 1 aliphatic carbocycles. The van der Waals surface area contributed by atoms with E-state index >= 15 is 0 Å². The van der Waals surface area contributed by atoms with E-state index in [4.69, 9.17) is 0 Å². The average molecular weight is 341 g/mol. The Morgan fingerprint density at radius 2 is 2.00 bits per heavy atom. The summed E-state index contributed by atoms with van der Waals surface area (Å²) in [4.78, 5) is 13.0. The molecule has 0 N–H and O–H groups in total. The lowest BCUT2D eigenvalue weighted by Gasteiger charge is -2.33. The lowest BCUT2D eigenvalue weighted by molar-refractivity contribution is -0.385. The molecule has 4 nitrogen and oxygen atoms in total. The summed E-state index contributed by atoms with van der Waals surface area (Å²) in [6.45, 7) is 3.06. The molecule has 0 aliphatic heterocycles. The molecular formula is C15H21BrN2O2. The van der Waals surface area contributed by atoms with E-state index in [9.17, 15) is 10.1 Å². The van der Waals surface area contributed by atoms with E-state index in [-0.39, 0.29) is 10.6 Å². The van der Waals surface area contributed by atoms with Crippen LogP contribution in [0.3, 0.4) is 0 Å². The first-order chi connectivity index (χ1) is 9.49. The Morgan fingerprint density at radius 3 is 2.60 bits per heavy atom. The fourth-order valence-electron chi connectivity index (χ4n) is 2.91. The van der Waals surface area contributed by atoms with E-state index in [0.717, 1.165) is 18.0 Å². The molecular weight excluding hydrogens is 320 g/mol. The van der Waals surface area contributed by atoms with Crippen molar-refractivity contribution in [2.24, 2.45) is 5.92 Å². The van der Waals surface area contributed by atoms with Gasteiger partial charge in [-0.15, -0.1) is 0 Å². The van der Waals surface area contributed by atoms with Gasteiger partial charge in [-0.3, -0.25) is 15.0 Å². The van der Waals surface area contributed by atoms with Crippen LogP contribution < -0.4 is 0 Å². The van der Waals surface area contributed by atoms with Gasteiger partial charge in [0.2, 0.25) is 0 Å². The average Bonchev–Trinajstić information content (AvgIpc) is 2.41. The Labute approximate surface area is 128 Å². The van der Waals surface area contributed by atoms with Gasteiger partial charge >= 0.3 is 0 Å². The van der Waals surface area contributed by atoms with Gasteiger partial charge in [0.05, 0.1) is 9.40 Å². The molecule has 0 atom stereocenters. The smallest absolute Gasteiger partial charge is 0.283 e. The summed E-state index contributed by atoms with van der Waals surface area (Å²) in [5.74, 6) is 0.837. The number of nitro groups is 1. The van der Waals surface area contributed by atoms with E-state index in [1.54, 1.807) is 6.07 Å². The molecule has 1 aromatic carbocycles. The van der Waals surface area contributed by atoms with Crippen LogP contribution in [-0.4, -0.2) is 22.9 Å². The first-order valence-electron chi connectivity index (χ1n) is 7.11. The molecule has 2 rings (SSSR count). The van der Waals surface area contributed by atoms with Crippen LogP contribution in [0.1, 0.15) is 38.2 Å². The zero-order valence-corrected chi connectivity index (χ0v) is 13.6. The van der Waals surface area contributed by atoms with Crippen molar-refractivity contribution >= 4 is 21.6 Å². The van der Waals surface area contributed by atoms with Gasteiger partial charge < -0.3 is 0 Å². The predicted octanol–water partition coefficient (Wildman–Crippen LogP) is 4.37. The minimum atomic E-state index is -0.337. The van der Waals surface area contributed by atoms with E-state index < -0.39 is 0 Å². The summed E-state index contributed by atoms with van der Waals surface area (Å²) in [6, 6.07) is 5.85. The van der Waals surface area contributed by atoms with Crippen LogP contribution in [-0.2, 0) is 6.54 Å². The minimum absolute atomic E-state index is 0.146. The number of benzene rings is 1. The molecule has 0 amide bonds. The third-order valence-corrected chi connectivity index (χ3v) is 5.20. The number of rotatable bonds is 4. The number of hydrogen-bond acceptors (Lipinski definition) is 3. The van der Waals surface area contributed by atoms with E-state index in [2.05, 4.69) is 34.8 Å². The van der Waals surface area contributed by atoms with Crippen molar-refractivity contribution in [2.45, 2.75) is 45.2 Å². The lowest BCUT2D eigenvalue weighted by atomic mass is 9.86. The van der Waals surface area contributed by atoms with Crippen molar-refractivity contribution < 1.29 is 4.92 Å². The fourth-order valence-corrected chi connectivity index (χ4v) is 3.44. The van der Waals surface area contributed by atoms with Crippen molar-refractivity contribution in [3.63, 3.8) is 0 Å². The topological polar surface area (TPSA) is 46.4 Å². The van der Waals surface area contributed by atoms with E-state index in [1.807, 2.05) is 6.07 Å². The summed E-state index contributed by atoms with van der Waals surface area (Å²) in [7, 11) is 2.12. The molecule has 0 unspecified atom stereocenters. The molecule has 0 saturated heterocycles. The van der Waals surface area contributed by atoms with Gasteiger partial charge in [-0.25, -0.2) is 0 Å². The quantitative estimate of drug-likeness (QED) is 0.604. The maximum Gasteiger partial charge on any atom is 0.283 e. The highest BCUT2D eigenvalue weighted by Crippen LogP contribution is 2.31. The summed E-state index contributed by atoms with van der Waals surface area (Å²) < 4.78 is 0.612. The molecule has 1 aromatic rings. The van der Waals surface area contributed by atoms with Crippen LogP contribution in [0.2, 0.25) is 0 Å². The third-order valence-electron chi connectivity index (χ3n) is 4.28. The zero-order valence-electron chi connectivity index (χ0n) is 12.0. The van der Waals surface area contributed by atoms with Crippen LogP contribution in [0.4, 0.5) is 5.69 Å². The van der Waals surface area contributed by atoms with Crippen molar-refractivity contribution in [3.8, 4) is 0 Å². The van der Waals surface area contributed by atoms with Gasteiger partial charge in [0.15, 0.2) is 0 Å². The van der Waals surface area contributed by atoms with Gasteiger partial charge in [-0.05, 0) is 60.1 Å². The van der Waals surface area contributed by atoms with Crippen LogP contribution in [0.5, 0.6) is 0 Å². The van der Waals surface area contributed by atoms with Crippen molar-refractivity contribution in [3.05, 3.63) is 38.3 Å². The highest BCUT2D eigenvalue weighted by molar-refractivity contribution is 9.10. The van der Waals surface area contributed by atoms with Gasteiger partial charge in [-0.1, -0.05) is 19.1 Å². The Morgan fingerprint density at radius 1 is 1.35 bits per heavy atom. The summed E-state index contributed by atoms with van der Waals surface area (Å²) in [5.41, 5.74) is 1.13. The first-order valence-corrected chi connectivity index (χ1v) is 7.90. The molecule has 110 valence electrons. The Kier molecular flexibility index (Phi) is 5.16. The largest absolute Gasteiger partial charge is 0.299 e. The Hall–Kier alpha value is -0.940. The molecule has 1 fully saturated rings. The predicted molar refractivity (Wildman–Crippen MR) is 83.7 cm³/mol. The van der Waals surface area contributed by atoms with Crippen molar-refractivity contribution in [1.82, 2.24) is 4.90 Å². The molecule has 0 radical (unpaired) electrons. The van der Waals surface area contributed by atoms with Gasteiger partial charge in [0, 0.05) is 18.7 Å². The van der Waals surface area contributed by atoms with Gasteiger partial charge in [-0.2, -0.15) is 0 Å². The molecule has 0 spiro atoms. The normalized spacial score (nSPS) is 23.0. The minimum Gasteiger partial charge on any atom is -0.299 e. The molecule has 5 heteroatoms. The second-order valence-electron chi connectivity index (χ2n) is 5.84. The fraction of sp³-hybridized carbons (Fsp3) is 0.600. The zero-order chi connectivity index (χ0) is 14.7. The number of hydrogen-bond donors (Lipinski definition) is 0. The maximum absolute atomic E-state index is 11.0. The number of nitro benzene ring substituents is 1. The number of nitrogens with zero attached hydrogens (tertiary/aromatic N) is 2.